The SMILES string of the molecule is CCNC1CCN(c2ccc(C)c(C)c2)C(C)C1C. The largest absolute Gasteiger partial charge is 0.368 e. The van der Waals surface area contributed by atoms with Crippen LogP contribution in [0.4, 0.5) is 5.69 Å². The molecule has 0 radical (unpaired) electrons. The van der Waals surface area contributed by atoms with Gasteiger partial charge in [-0.25, -0.2) is 0 Å². The molecule has 2 heteroatoms. The molecule has 1 aliphatic heterocycles. The molecular formula is C17H28N2. The molecule has 0 bridgehead atoms. The van der Waals surface area contributed by atoms with E-state index < -0.39 is 0 Å². The lowest BCUT2D eigenvalue weighted by molar-refractivity contribution is 0.274. The standard InChI is InChI=1S/C17H28N2/c1-6-18-17-9-10-19(15(5)14(17)4)16-8-7-12(2)13(3)11-16/h7-8,11,14-15,17-18H,6,9-10H2,1-5H3. The summed E-state index contributed by atoms with van der Waals surface area (Å²) in [6.07, 6.45) is 1.24. The van der Waals surface area contributed by atoms with Crippen LogP contribution in [0.25, 0.3) is 0 Å². The van der Waals surface area contributed by atoms with Gasteiger partial charge in [-0.2, -0.15) is 0 Å². The molecule has 1 aliphatic rings. The van der Waals surface area contributed by atoms with Gasteiger partial charge in [-0.1, -0.05) is 19.9 Å². The highest BCUT2D eigenvalue weighted by atomic mass is 15.2. The molecule has 1 fully saturated rings. The minimum atomic E-state index is 0.597. The molecule has 1 N–H and O–H groups in total. The van der Waals surface area contributed by atoms with E-state index in [0.29, 0.717) is 18.0 Å². The summed E-state index contributed by atoms with van der Waals surface area (Å²) in [4.78, 5) is 2.57. The van der Waals surface area contributed by atoms with E-state index >= 15 is 0 Å². The third-order valence-corrected chi connectivity index (χ3v) is 4.86. The van der Waals surface area contributed by atoms with Gasteiger partial charge in [0.15, 0.2) is 0 Å². The van der Waals surface area contributed by atoms with Crippen molar-refractivity contribution in [1.29, 1.82) is 0 Å². The number of benzene rings is 1. The van der Waals surface area contributed by atoms with Gasteiger partial charge in [0.05, 0.1) is 0 Å². The topological polar surface area (TPSA) is 15.3 Å². The Bertz CT molecular complexity index is 427. The van der Waals surface area contributed by atoms with Gasteiger partial charge in [-0.05, 0) is 62.9 Å². The maximum Gasteiger partial charge on any atom is 0.0371 e. The maximum absolute atomic E-state index is 3.63. The normalized spacial score (nSPS) is 27.6. The molecule has 106 valence electrons. The Kier molecular flexibility index (Phi) is 4.51. The van der Waals surface area contributed by atoms with Crippen molar-refractivity contribution in [3.63, 3.8) is 0 Å². The summed E-state index contributed by atoms with van der Waals surface area (Å²) in [7, 11) is 0. The van der Waals surface area contributed by atoms with Crippen molar-refractivity contribution in [2.75, 3.05) is 18.0 Å². The molecular weight excluding hydrogens is 232 g/mol. The molecule has 1 aromatic rings. The van der Waals surface area contributed by atoms with Gasteiger partial charge in [0.1, 0.15) is 0 Å². The molecule has 0 saturated carbocycles. The smallest absolute Gasteiger partial charge is 0.0371 e. The second-order valence-corrected chi connectivity index (χ2v) is 6.01. The van der Waals surface area contributed by atoms with Crippen molar-refractivity contribution in [2.45, 2.75) is 53.1 Å². The molecule has 19 heavy (non-hydrogen) atoms. The third kappa shape index (κ3) is 2.94. The fraction of sp³-hybridized carbons (Fsp3) is 0.647. The number of aryl methyl sites for hydroxylation is 2. The fourth-order valence-corrected chi connectivity index (χ4v) is 3.18. The van der Waals surface area contributed by atoms with Crippen LogP contribution in [0, 0.1) is 19.8 Å². The summed E-state index contributed by atoms with van der Waals surface area (Å²) in [5, 5.41) is 3.63. The van der Waals surface area contributed by atoms with Gasteiger partial charge in [0.2, 0.25) is 0 Å². The zero-order valence-corrected chi connectivity index (χ0v) is 13.0. The van der Waals surface area contributed by atoms with Crippen LogP contribution in [-0.2, 0) is 0 Å². The maximum atomic E-state index is 3.63. The van der Waals surface area contributed by atoms with Crippen molar-refractivity contribution in [2.24, 2.45) is 5.92 Å². The molecule has 3 atom stereocenters. The number of anilines is 1. The third-order valence-electron chi connectivity index (χ3n) is 4.86. The van der Waals surface area contributed by atoms with Gasteiger partial charge in [-0.15, -0.1) is 0 Å². The van der Waals surface area contributed by atoms with Gasteiger partial charge in [0, 0.05) is 24.3 Å². The average Bonchev–Trinajstić information content (AvgIpc) is 2.39. The minimum absolute atomic E-state index is 0.597. The van der Waals surface area contributed by atoms with Crippen molar-refractivity contribution in [3.8, 4) is 0 Å². The van der Waals surface area contributed by atoms with E-state index in [2.05, 4.69) is 63.0 Å². The first-order valence-corrected chi connectivity index (χ1v) is 7.62. The van der Waals surface area contributed by atoms with Crippen molar-refractivity contribution >= 4 is 5.69 Å². The summed E-state index contributed by atoms with van der Waals surface area (Å²) in [5.74, 6) is 0.690. The van der Waals surface area contributed by atoms with Crippen LogP contribution in [0.3, 0.4) is 0 Å². The van der Waals surface area contributed by atoms with Crippen LogP contribution in [0.1, 0.15) is 38.3 Å². The van der Waals surface area contributed by atoms with E-state index in [1.165, 1.54) is 23.2 Å². The number of nitrogens with one attached hydrogen (secondary N) is 1. The molecule has 0 spiro atoms. The Hall–Kier alpha value is -1.02. The molecule has 2 rings (SSSR count). The lowest BCUT2D eigenvalue weighted by atomic mass is 9.86. The summed E-state index contributed by atoms with van der Waals surface area (Å²) in [5.41, 5.74) is 4.16. The highest BCUT2D eigenvalue weighted by molar-refractivity contribution is 5.52. The summed E-state index contributed by atoms with van der Waals surface area (Å²) >= 11 is 0. The molecule has 1 heterocycles. The van der Waals surface area contributed by atoms with E-state index in [9.17, 15) is 0 Å². The van der Waals surface area contributed by atoms with Crippen LogP contribution in [0.5, 0.6) is 0 Å². The Morgan fingerprint density at radius 1 is 1.21 bits per heavy atom. The fourth-order valence-electron chi connectivity index (χ4n) is 3.18. The van der Waals surface area contributed by atoms with Gasteiger partial charge in [0.25, 0.3) is 0 Å². The first-order chi connectivity index (χ1) is 9.04. The summed E-state index contributed by atoms with van der Waals surface area (Å²) in [6, 6.07) is 8.13. The summed E-state index contributed by atoms with van der Waals surface area (Å²) < 4.78 is 0. The highest BCUT2D eigenvalue weighted by Crippen LogP contribution is 2.29. The zero-order valence-electron chi connectivity index (χ0n) is 13.0. The molecule has 0 amide bonds. The molecule has 3 unspecified atom stereocenters. The Labute approximate surface area is 118 Å². The Balaban J connectivity index is 2.15. The van der Waals surface area contributed by atoms with Crippen LogP contribution < -0.4 is 10.2 Å². The minimum Gasteiger partial charge on any atom is -0.368 e. The molecule has 0 aliphatic carbocycles. The zero-order chi connectivity index (χ0) is 14.0. The highest BCUT2D eigenvalue weighted by Gasteiger charge is 2.31. The molecule has 0 aromatic heterocycles. The number of piperidine rings is 1. The predicted octanol–water partition coefficient (Wildman–Crippen LogP) is 3.52. The lowest BCUT2D eigenvalue weighted by Crippen LogP contribution is -2.53. The summed E-state index contributed by atoms with van der Waals surface area (Å²) in [6.45, 7) is 13.6. The van der Waals surface area contributed by atoms with E-state index in [1.54, 1.807) is 0 Å². The van der Waals surface area contributed by atoms with Crippen LogP contribution in [0.2, 0.25) is 0 Å². The van der Waals surface area contributed by atoms with E-state index in [1.807, 2.05) is 0 Å². The molecule has 2 nitrogen and oxygen atoms in total. The van der Waals surface area contributed by atoms with Crippen LogP contribution >= 0.6 is 0 Å². The van der Waals surface area contributed by atoms with E-state index in [4.69, 9.17) is 0 Å². The van der Waals surface area contributed by atoms with Crippen molar-refractivity contribution in [3.05, 3.63) is 29.3 Å². The average molecular weight is 260 g/mol. The van der Waals surface area contributed by atoms with E-state index in [-0.39, 0.29) is 0 Å². The first-order valence-electron chi connectivity index (χ1n) is 7.62. The number of rotatable bonds is 3. The lowest BCUT2D eigenvalue weighted by Gasteiger charge is -2.44. The number of nitrogens with zero attached hydrogens (tertiary/aromatic N) is 1. The monoisotopic (exact) mass is 260 g/mol. The number of hydrogen-bond acceptors (Lipinski definition) is 2. The van der Waals surface area contributed by atoms with Crippen molar-refractivity contribution < 1.29 is 0 Å². The molecule has 1 saturated heterocycles. The Morgan fingerprint density at radius 3 is 2.58 bits per heavy atom. The second-order valence-electron chi connectivity index (χ2n) is 6.01. The first kappa shape index (κ1) is 14.4. The second kappa shape index (κ2) is 5.96. The van der Waals surface area contributed by atoms with Gasteiger partial charge < -0.3 is 10.2 Å². The van der Waals surface area contributed by atoms with Crippen LogP contribution in [-0.4, -0.2) is 25.2 Å². The quantitative estimate of drug-likeness (QED) is 0.894. The number of hydrogen-bond donors (Lipinski definition) is 1. The van der Waals surface area contributed by atoms with Gasteiger partial charge in [-0.3, -0.25) is 0 Å². The van der Waals surface area contributed by atoms with Crippen molar-refractivity contribution in [1.82, 2.24) is 5.32 Å². The predicted molar refractivity (Wildman–Crippen MR) is 84.0 cm³/mol. The van der Waals surface area contributed by atoms with Crippen LogP contribution in [0.15, 0.2) is 18.2 Å². The van der Waals surface area contributed by atoms with E-state index in [0.717, 1.165) is 13.1 Å². The van der Waals surface area contributed by atoms with Gasteiger partial charge >= 0.3 is 0 Å². The Morgan fingerprint density at radius 2 is 1.95 bits per heavy atom. The molecule has 1 aromatic carbocycles.